The molecule has 2 aliphatic rings. The summed E-state index contributed by atoms with van der Waals surface area (Å²) in [6.45, 7) is 2.30. The predicted molar refractivity (Wildman–Crippen MR) is 159 cm³/mol. The van der Waals surface area contributed by atoms with Gasteiger partial charge in [0, 0.05) is 55.2 Å². The van der Waals surface area contributed by atoms with E-state index in [0.717, 1.165) is 24.1 Å². The van der Waals surface area contributed by atoms with Crippen molar-refractivity contribution in [3.63, 3.8) is 0 Å². The predicted octanol–water partition coefficient (Wildman–Crippen LogP) is 3.75. The lowest BCUT2D eigenvalue weighted by Gasteiger charge is -2.29. The molecule has 0 saturated carbocycles. The minimum absolute atomic E-state index is 0.00115. The molecule has 1 saturated heterocycles. The topological polar surface area (TPSA) is 111 Å². The molecule has 9 heteroatoms. The molecule has 2 atom stereocenters. The molecule has 0 radical (unpaired) electrons. The average Bonchev–Trinajstić information content (AvgIpc) is 3.49. The number of halogens is 1. The van der Waals surface area contributed by atoms with Gasteiger partial charge in [-0.05, 0) is 73.7 Å². The smallest absolute Gasteiger partial charge is 0.251 e. The van der Waals surface area contributed by atoms with Crippen molar-refractivity contribution in [2.75, 3.05) is 32.7 Å². The number of amides is 3. The van der Waals surface area contributed by atoms with E-state index in [-0.39, 0.29) is 58.5 Å². The fourth-order valence-electron chi connectivity index (χ4n) is 5.82. The second-order valence-electron chi connectivity index (χ2n) is 10.9. The van der Waals surface area contributed by atoms with E-state index in [1.165, 1.54) is 24.3 Å². The Hall–Kier alpha value is -4.24. The summed E-state index contributed by atoms with van der Waals surface area (Å²) >= 11 is 0. The van der Waals surface area contributed by atoms with Gasteiger partial charge in [0.15, 0.2) is 0 Å². The summed E-state index contributed by atoms with van der Waals surface area (Å²) in [6, 6.07) is 18.7. The van der Waals surface area contributed by atoms with Crippen LogP contribution in [-0.4, -0.2) is 66.5 Å². The molecule has 42 heavy (non-hydrogen) atoms. The third-order valence-corrected chi connectivity index (χ3v) is 8.07. The number of rotatable bonds is 2. The lowest BCUT2D eigenvalue weighted by Crippen LogP contribution is -2.47. The van der Waals surface area contributed by atoms with Crippen LogP contribution in [0.4, 0.5) is 4.39 Å². The van der Waals surface area contributed by atoms with E-state index in [1.54, 1.807) is 17.0 Å². The van der Waals surface area contributed by atoms with Gasteiger partial charge in [-0.15, -0.1) is 0 Å². The van der Waals surface area contributed by atoms with Crippen LogP contribution in [0.2, 0.25) is 0 Å². The molecule has 8 nitrogen and oxygen atoms in total. The van der Waals surface area contributed by atoms with E-state index in [1.807, 2.05) is 18.2 Å². The first-order valence-corrected chi connectivity index (χ1v) is 14.6. The highest BCUT2D eigenvalue weighted by Gasteiger charge is 2.36. The zero-order chi connectivity index (χ0) is 29.5. The van der Waals surface area contributed by atoms with E-state index in [4.69, 9.17) is 0 Å². The number of nitrogens with one attached hydrogen (secondary N) is 3. The minimum Gasteiger partial charge on any atom is -0.507 e. The van der Waals surface area contributed by atoms with Gasteiger partial charge in [0.2, 0.25) is 11.8 Å². The van der Waals surface area contributed by atoms with Crippen LogP contribution in [0.25, 0.3) is 11.1 Å². The maximum Gasteiger partial charge on any atom is 0.251 e. The normalized spacial score (nSPS) is 20.5. The zero-order valence-corrected chi connectivity index (χ0v) is 23.6. The molecule has 0 spiro atoms. The highest BCUT2D eigenvalue weighted by Crippen LogP contribution is 2.33. The van der Waals surface area contributed by atoms with Crippen molar-refractivity contribution >= 4 is 17.7 Å². The molecule has 5 rings (SSSR count). The van der Waals surface area contributed by atoms with Crippen molar-refractivity contribution in [2.45, 2.75) is 44.1 Å². The van der Waals surface area contributed by atoms with Gasteiger partial charge in [0.1, 0.15) is 11.6 Å². The van der Waals surface area contributed by atoms with Gasteiger partial charge in [0.05, 0.1) is 6.04 Å². The van der Waals surface area contributed by atoms with Crippen molar-refractivity contribution < 1.29 is 23.9 Å². The largest absolute Gasteiger partial charge is 0.507 e. The van der Waals surface area contributed by atoms with Crippen molar-refractivity contribution in [3.05, 3.63) is 89.2 Å². The molecule has 4 bridgehead atoms. The standard InChI is InChI=1S/C33H37FN4O4/c34-28-11-10-24-21-26(28)27-20-22(9-12-29(27)39)13-16-35-30(40)8-4-18-38(19-5-15-37-32(24)41)33(42)31-25(14-17-36-31)23-6-2-1-3-7-23/h1-3,6-7,9-12,20-21,25,31,36,39H,4-5,8,13-19H2,(H,35,40)(H,37,41)/t25-,31+/m1/s1. The Morgan fingerprint density at radius 1 is 0.857 bits per heavy atom. The molecule has 0 aliphatic carbocycles. The Morgan fingerprint density at radius 2 is 1.67 bits per heavy atom. The van der Waals surface area contributed by atoms with Crippen LogP contribution >= 0.6 is 0 Å². The Kier molecular flexibility index (Phi) is 9.48. The zero-order valence-electron chi connectivity index (χ0n) is 23.6. The van der Waals surface area contributed by atoms with E-state index < -0.39 is 5.82 Å². The molecule has 3 amide bonds. The lowest BCUT2D eigenvalue weighted by molar-refractivity contribution is -0.134. The highest BCUT2D eigenvalue weighted by atomic mass is 19.1. The number of phenolic OH excluding ortho intramolecular Hbond substituents is 1. The third-order valence-electron chi connectivity index (χ3n) is 8.07. The second kappa shape index (κ2) is 13.6. The number of benzene rings is 3. The summed E-state index contributed by atoms with van der Waals surface area (Å²) < 4.78 is 14.8. The van der Waals surface area contributed by atoms with Crippen LogP contribution in [0.5, 0.6) is 5.75 Å². The molecule has 220 valence electrons. The van der Waals surface area contributed by atoms with Gasteiger partial charge >= 0.3 is 0 Å². The Balaban J connectivity index is 1.33. The summed E-state index contributed by atoms with van der Waals surface area (Å²) in [6.07, 6.45) is 2.66. The van der Waals surface area contributed by atoms with Crippen LogP contribution in [0.15, 0.2) is 66.7 Å². The molecule has 3 aromatic rings. The van der Waals surface area contributed by atoms with Gasteiger partial charge in [-0.25, -0.2) is 4.39 Å². The van der Waals surface area contributed by atoms with Crippen LogP contribution in [0, 0.1) is 5.82 Å². The van der Waals surface area contributed by atoms with E-state index in [0.29, 0.717) is 45.4 Å². The molecule has 1 fully saturated rings. The van der Waals surface area contributed by atoms with Gasteiger partial charge in [0.25, 0.3) is 5.91 Å². The van der Waals surface area contributed by atoms with Crippen LogP contribution < -0.4 is 16.0 Å². The maximum absolute atomic E-state index is 14.8. The van der Waals surface area contributed by atoms with Crippen molar-refractivity contribution in [2.24, 2.45) is 0 Å². The molecule has 0 unspecified atom stereocenters. The number of phenols is 1. The number of hydrogen-bond acceptors (Lipinski definition) is 5. The average molecular weight is 573 g/mol. The SMILES string of the molecule is O=C1CCCN(C(=O)[C@H]2NCC[C@@H]2c2ccccc2)CCCNC(=O)c2ccc(F)c(c2)-c2cc(ccc2O)CCN1. The summed E-state index contributed by atoms with van der Waals surface area (Å²) in [4.78, 5) is 41.1. The summed E-state index contributed by atoms with van der Waals surface area (Å²) in [5, 5.41) is 19.6. The van der Waals surface area contributed by atoms with E-state index in [9.17, 15) is 23.9 Å². The molecular weight excluding hydrogens is 535 g/mol. The second-order valence-corrected chi connectivity index (χ2v) is 10.9. The molecular formula is C33H37FN4O4. The molecule has 2 aliphatic heterocycles. The Morgan fingerprint density at radius 3 is 2.50 bits per heavy atom. The van der Waals surface area contributed by atoms with Crippen LogP contribution in [0.3, 0.4) is 0 Å². The van der Waals surface area contributed by atoms with Crippen LogP contribution in [0.1, 0.15) is 53.1 Å². The summed E-state index contributed by atoms with van der Waals surface area (Å²) in [7, 11) is 0. The number of nitrogens with zero attached hydrogens (tertiary/aromatic N) is 1. The lowest BCUT2D eigenvalue weighted by atomic mass is 9.91. The molecule has 2 heterocycles. The number of hydrogen-bond donors (Lipinski definition) is 4. The van der Waals surface area contributed by atoms with Gasteiger partial charge < -0.3 is 26.0 Å². The fourth-order valence-corrected chi connectivity index (χ4v) is 5.82. The number of fused-ring (bicyclic) bond motifs is 5. The van der Waals surface area contributed by atoms with E-state index in [2.05, 4.69) is 28.1 Å². The summed E-state index contributed by atoms with van der Waals surface area (Å²) in [5.74, 6) is -1.04. The molecule has 0 aromatic heterocycles. The van der Waals surface area contributed by atoms with Crippen molar-refractivity contribution in [1.29, 1.82) is 0 Å². The fraction of sp³-hybridized carbons (Fsp3) is 0.364. The monoisotopic (exact) mass is 572 g/mol. The van der Waals surface area contributed by atoms with Crippen LogP contribution in [-0.2, 0) is 16.0 Å². The minimum atomic E-state index is -0.554. The van der Waals surface area contributed by atoms with Crippen molar-refractivity contribution in [1.82, 2.24) is 20.9 Å². The highest BCUT2D eigenvalue weighted by molar-refractivity contribution is 5.95. The first-order chi connectivity index (χ1) is 20.4. The quantitative estimate of drug-likeness (QED) is 0.374. The van der Waals surface area contributed by atoms with Gasteiger partial charge in [-0.1, -0.05) is 36.4 Å². The number of carbonyl (C=O) groups excluding carboxylic acids is 3. The number of aromatic hydroxyl groups is 1. The maximum atomic E-state index is 14.8. The van der Waals surface area contributed by atoms with Crippen molar-refractivity contribution in [3.8, 4) is 16.9 Å². The Labute approximate surface area is 245 Å². The first-order valence-electron chi connectivity index (χ1n) is 14.6. The van der Waals surface area contributed by atoms with Gasteiger partial charge in [-0.2, -0.15) is 0 Å². The van der Waals surface area contributed by atoms with E-state index >= 15 is 0 Å². The third kappa shape index (κ3) is 6.97. The summed E-state index contributed by atoms with van der Waals surface area (Å²) in [5.41, 5.74) is 2.62. The number of carbonyl (C=O) groups is 3. The van der Waals surface area contributed by atoms with Gasteiger partial charge in [-0.3, -0.25) is 14.4 Å². The Bertz CT molecular complexity index is 1430. The molecule has 4 N–H and O–H groups in total. The molecule has 3 aromatic carbocycles. The first kappa shape index (κ1) is 29.3.